The molecule has 1 aliphatic rings. The molecule has 2 heterocycles. The van der Waals surface area contributed by atoms with E-state index in [-0.39, 0.29) is 24.2 Å². The lowest BCUT2D eigenvalue weighted by Gasteiger charge is -2.32. The second kappa shape index (κ2) is 6.86. The molecule has 4 nitrogen and oxygen atoms in total. The Kier molecular flexibility index (Phi) is 6.07. The van der Waals surface area contributed by atoms with E-state index in [1.165, 1.54) is 0 Å². The Hall–Kier alpha value is -0.140. The van der Waals surface area contributed by atoms with E-state index in [1.807, 2.05) is 24.4 Å². The Balaban J connectivity index is 0.00000162. The van der Waals surface area contributed by atoms with Crippen LogP contribution in [0.25, 0.3) is 0 Å². The van der Waals surface area contributed by atoms with Crippen LogP contribution in [0, 0.1) is 0 Å². The van der Waals surface area contributed by atoms with Crippen LogP contribution in [0.4, 0.5) is 0 Å². The topological polar surface area (TPSA) is 49.4 Å². The number of halogens is 1. The molecule has 18 heavy (non-hydrogen) atoms. The van der Waals surface area contributed by atoms with Gasteiger partial charge in [0.05, 0.1) is 5.75 Å². The fourth-order valence-corrected chi connectivity index (χ4v) is 4.58. The summed E-state index contributed by atoms with van der Waals surface area (Å²) in [6, 6.07) is 4.01. The van der Waals surface area contributed by atoms with Crippen molar-refractivity contribution in [2.45, 2.75) is 19.4 Å². The van der Waals surface area contributed by atoms with Gasteiger partial charge < -0.3 is 5.32 Å². The smallest absolute Gasteiger partial charge is 0.214 e. The van der Waals surface area contributed by atoms with Crippen molar-refractivity contribution < 1.29 is 8.42 Å². The van der Waals surface area contributed by atoms with Crippen LogP contribution in [0.3, 0.4) is 0 Å². The number of hydrogen-bond donors (Lipinski definition) is 1. The zero-order valence-corrected chi connectivity index (χ0v) is 12.8. The monoisotopic (exact) mass is 310 g/mol. The van der Waals surface area contributed by atoms with Gasteiger partial charge >= 0.3 is 0 Å². The summed E-state index contributed by atoms with van der Waals surface area (Å²) < 4.78 is 26.0. The van der Waals surface area contributed by atoms with Gasteiger partial charge in [0.25, 0.3) is 0 Å². The molecule has 0 saturated carbocycles. The molecule has 0 radical (unpaired) electrons. The Morgan fingerprint density at radius 3 is 2.94 bits per heavy atom. The van der Waals surface area contributed by atoms with Crippen LogP contribution >= 0.6 is 23.7 Å². The van der Waals surface area contributed by atoms with Crippen LogP contribution in [-0.4, -0.2) is 44.2 Å². The highest BCUT2D eigenvalue weighted by Crippen LogP contribution is 2.14. The first kappa shape index (κ1) is 15.9. The van der Waals surface area contributed by atoms with Crippen molar-refractivity contribution in [3.63, 3.8) is 0 Å². The second-order valence-electron chi connectivity index (χ2n) is 4.31. The summed E-state index contributed by atoms with van der Waals surface area (Å²) in [6.07, 6.45) is 0.622. The predicted octanol–water partition coefficient (Wildman–Crippen LogP) is 1.34. The van der Waals surface area contributed by atoms with Crippen LogP contribution in [-0.2, 0) is 16.4 Å². The summed E-state index contributed by atoms with van der Waals surface area (Å²) in [4.78, 5) is 1.14. The van der Waals surface area contributed by atoms with Gasteiger partial charge in [0.2, 0.25) is 10.0 Å². The molecule has 1 unspecified atom stereocenters. The molecule has 0 aromatic carbocycles. The van der Waals surface area contributed by atoms with Crippen LogP contribution in [0.1, 0.15) is 11.8 Å². The molecule has 0 bridgehead atoms. The van der Waals surface area contributed by atoms with E-state index in [2.05, 4.69) is 5.32 Å². The number of nitrogens with zero attached hydrogens (tertiary/aromatic N) is 1. The van der Waals surface area contributed by atoms with Crippen LogP contribution < -0.4 is 5.32 Å². The summed E-state index contributed by atoms with van der Waals surface area (Å²) in [5.41, 5.74) is 0. The van der Waals surface area contributed by atoms with Crippen molar-refractivity contribution in [3.05, 3.63) is 22.4 Å². The molecule has 1 atom stereocenters. The summed E-state index contributed by atoms with van der Waals surface area (Å²) in [5.74, 6) is 0.220. The highest BCUT2D eigenvalue weighted by Gasteiger charge is 2.28. The average molecular weight is 311 g/mol. The van der Waals surface area contributed by atoms with Crippen LogP contribution in [0.2, 0.25) is 0 Å². The number of rotatable bonds is 4. The standard InChI is InChI=1S/C11H18N2O2S2.ClH/c1-10-9-12-5-6-13(10)17(14,15)8-4-11-3-2-7-16-11;/h2-3,7,10,12H,4-6,8-9H2,1H3;1H. The first-order valence-electron chi connectivity index (χ1n) is 5.82. The van der Waals surface area contributed by atoms with E-state index in [9.17, 15) is 8.42 Å². The molecule has 0 spiro atoms. The minimum atomic E-state index is -3.11. The maximum Gasteiger partial charge on any atom is 0.214 e. The maximum atomic E-state index is 12.2. The van der Waals surface area contributed by atoms with E-state index >= 15 is 0 Å². The molecule has 1 aromatic heterocycles. The van der Waals surface area contributed by atoms with Crippen molar-refractivity contribution in [3.8, 4) is 0 Å². The van der Waals surface area contributed by atoms with Gasteiger partial charge in [-0.1, -0.05) is 6.07 Å². The molecule has 104 valence electrons. The van der Waals surface area contributed by atoms with Gasteiger partial charge in [-0.15, -0.1) is 23.7 Å². The number of piperazine rings is 1. The minimum absolute atomic E-state index is 0. The Morgan fingerprint density at radius 1 is 1.56 bits per heavy atom. The molecular formula is C11H19ClN2O2S2. The van der Waals surface area contributed by atoms with Crippen molar-refractivity contribution >= 4 is 33.8 Å². The van der Waals surface area contributed by atoms with E-state index in [0.717, 1.165) is 18.0 Å². The maximum absolute atomic E-state index is 12.2. The number of aryl methyl sites for hydroxylation is 1. The van der Waals surface area contributed by atoms with Gasteiger partial charge in [0, 0.05) is 30.6 Å². The molecule has 1 N–H and O–H groups in total. The molecule has 0 aliphatic carbocycles. The lowest BCUT2D eigenvalue weighted by molar-refractivity contribution is 0.284. The lowest BCUT2D eigenvalue weighted by atomic mass is 10.3. The van der Waals surface area contributed by atoms with Gasteiger partial charge in [0.1, 0.15) is 0 Å². The van der Waals surface area contributed by atoms with Gasteiger partial charge in [-0.05, 0) is 24.8 Å². The molecule has 0 amide bonds. The van der Waals surface area contributed by atoms with Gasteiger partial charge in [0.15, 0.2) is 0 Å². The molecule has 1 fully saturated rings. The van der Waals surface area contributed by atoms with Gasteiger partial charge in [-0.25, -0.2) is 8.42 Å². The van der Waals surface area contributed by atoms with E-state index < -0.39 is 10.0 Å². The SMILES string of the molecule is CC1CNCCN1S(=O)(=O)CCc1cccs1.Cl. The third-order valence-electron chi connectivity index (χ3n) is 2.98. The lowest BCUT2D eigenvalue weighted by Crippen LogP contribution is -2.52. The van der Waals surface area contributed by atoms with Gasteiger partial charge in [-0.2, -0.15) is 4.31 Å². The van der Waals surface area contributed by atoms with Gasteiger partial charge in [-0.3, -0.25) is 0 Å². The average Bonchev–Trinajstić information content (AvgIpc) is 2.80. The molecule has 1 saturated heterocycles. The normalized spacial score (nSPS) is 21.5. The highest BCUT2D eigenvalue weighted by atomic mass is 35.5. The predicted molar refractivity (Wildman–Crippen MR) is 78.1 cm³/mol. The van der Waals surface area contributed by atoms with E-state index in [0.29, 0.717) is 13.0 Å². The second-order valence-corrected chi connectivity index (χ2v) is 7.38. The number of hydrogen-bond acceptors (Lipinski definition) is 4. The Labute approximate surface area is 119 Å². The van der Waals surface area contributed by atoms with Crippen molar-refractivity contribution in [1.82, 2.24) is 9.62 Å². The molecular weight excluding hydrogens is 292 g/mol. The Bertz CT molecular complexity index is 448. The van der Waals surface area contributed by atoms with Crippen molar-refractivity contribution in [2.24, 2.45) is 0 Å². The largest absolute Gasteiger partial charge is 0.314 e. The molecule has 2 rings (SSSR count). The third-order valence-corrected chi connectivity index (χ3v) is 5.90. The molecule has 7 heteroatoms. The quantitative estimate of drug-likeness (QED) is 0.913. The van der Waals surface area contributed by atoms with Crippen LogP contribution in [0.5, 0.6) is 0 Å². The van der Waals surface area contributed by atoms with E-state index in [1.54, 1.807) is 15.6 Å². The first-order valence-corrected chi connectivity index (χ1v) is 8.31. The summed E-state index contributed by atoms with van der Waals surface area (Å²) in [5, 5.41) is 5.18. The fraction of sp³-hybridized carbons (Fsp3) is 0.636. The highest BCUT2D eigenvalue weighted by molar-refractivity contribution is 7.89. The molecule has 1 aromatic rings. The summed E-state index contributed by atoms with van der Waals surface area (Å²) in [6.45, 7) is 4.05. The Morgan fingerprint density at radius 2 is 2.33 bits per heavy atom. The summed E-state index contributed by atoms with van der Waals surface area (Å²) >= 11 is 1.62. The van der Waals surface area contributed by atoms with Crippen molar-refractivity contribution in [2.75, 3.05) is 25.4 Å². The zero-order chi connectivity index (χ0) is 12.3. The minimum Gasteiger partial charge on any atom is -0.314 e. The number of thiophene rings is 1. The molecule has 1 aliphatic heterocycles. The summed E-state index contributed by atoms with van der Waals surface area (Å²) in [7, 11) is -3.11. The zero-order valence-electron chi connectivity index (χ0n) is 10.3. The first-order chi connectivity index (χ1) is 8.09. The third kappa shape index (κ3) is 3.93. The fourth-order valence-electron chi connectivity index (χ4n) is 2.04. The van der Waals surface area contributed by atoms with Crippen LogP contribution in [0.15, 0.2) is 17.5 Å². The number of nitrogens with one attached hydrogen (secondary N) is 1. The van der Waals surface area contributed by atoms with E-state index in [4.69, 9.17) is 0 Å². The number of sulfonamides is 1. The van der Waals surface area contributed by atoms with Crippen molar-refractivity contribution in [1.29, 1.82) is 0 Å².